The topological polar surface area (TPSA) is 6.48 Å². The number of anilines is 5. The Morgan fingerprint density at radius 1 is 0.688 bits per heavy atom. The van der Waals surface area contributed by atoms with Crippen molar-refractivity contribution in [2.75, 3.05) is 9.80 Å². The number of allylic oxidation sites excluding steroid dienone is 4. The lowest BCUT2D eigenvalue weighted by atomic mass is 9.36. The molecule has 0 radical (unpaired) electrons. The molecule has 3 aliphatic rings. The Labute approximate surface area is 389 Å². The summed E-state index contributed by atoms with van der Waals surface area (Å²) in [6, 6.07) is 37.7. The summed E-state index contributed by atoms with van der Waals surface area (Å²) < 4.78 is 2.77. The van der Waals surface area contributed by atoms with Crippen LogP contribution >= 0.6 is 11.3 Å². The van der Waals surface area contributed by atoms with Gasteiger partial charge in [0.05, 0.1) is 11.4 Å². The molecule has 0 saturated carbocycles. The van der Waals surface area contributed by atoms with Crippen molar-refractivity contribution in [1.82, 2.24) is 0 Å². The number of benzene rings is 5. The fraction of sp³-hybridized carbons (Fsp3) is 0.367. The molecule has 2 aliphatic heterocycles. The first-order valence-electron chi connectivity index (χ1n) is 23.6. The zero-order valence-corrected chi connectivity index (χ0v) is 42.2. The van der Waals surface area contributed by atoms with Crippen LogP contribution in [0.5, 0.6) is 0 Å². The molecule has 4 heteroatoms. The highest BCUT2D eigenvalue weighted by atomic mass is 32.1. The maximum Gasteiger partial charge on any atom is 0.264 e. The van der Waals surface area contributed by atoms with Crippen molar-refractivity contribution in [1.29, 1.82) is 0 Å². The molecule has 0 fully saturated rings. The standard InChI is InChI=1S/C60H69BN2S/c1-37-32-50-53-51(33-37)63(48(28-22-38(2)56(4,5)6)39(3)40-20-18-17-19-21-40)54-44-35-45-46(60(15,16)31-30-59(45,13)14)36-52(44)64-55(54)61(53)47-34-42(58(10,11)12)25-29-49(47)62(50)43-26-23-41(24-27-43)57(7,8)9/h17-29,32-36H,3,30-31H2,1-2,4-16H3/b38-22+,48-28+. The Balaban J connectivity index is 1.44. The van der Waals surface area contributed by atoms with Gasteiger partial charge in [0.15, 0.2) is 0 Å². The van der Waals surface area contributed by atoms with Crippen LogP contribution in [0.25, 0.3) is 15.7 Å². The summed E-state index contributed by atoms with van der Waals surface area (Å²) in [5.74, 6) is 0. The van der Waals surface area contributed by atoms with Crippen LogP contribution in [0, 0.1) is 12.3 Å². The third-order valence-electron chi connectivity index (χ3n) is 15.0. The van der Waals surface area contributed by atoms with Crippen molar-refractivity contribution in [3.8, 4) is 0 Å². The number of rotatable bonds is 5. The first-order valence-corrected chi connectivity index (χ1v) is 24.4. The highest BCUT2D eigenvalue weighted by Gasteiger charge is 2.47. The van der Waals surface area contributed by atoms with Crippen molar-refractivity contribution in [3.63, 3.8) is 0 Å². The first-order chi connectivity index (χ1) is 29.9. The average Bonchev–Trinajstić information content (AvgIpc) is 3.60. The van der Waals surface area contributed by atoms with Gasteiger partial charge in [-0.25, -0.2) is 0 Å². The van der Waals surface area contributed by atoms with Crippen LogP contribution < -0.4 is 25.5 Å². The van der Waals surface area contributed by atoms with E-state index in [-0.39, 0.29) is 33.8 Å². The highest BCUT2D eigenvalue weighted by molar-refractivity contribution is 7.33. The summed E-state index contributed by atoms with van der Waals surface area (Å²) in [6.07, 6.45) is 7.09. The zero-order valence-electron chi connectivity index (χ0n) is 41.4. The van der Waals surface area contributed by atoms with E-state index in [1.54, 1.807) is 0 Å². The molecule has 9 rings (SSSR count). The van der Waals surface area contributed by atoms with E-state index < -0.39 is 0 Å². The third kappa shape index (κ3) is 7.33. The molecule has 64 heavy (non-hydrogen) atoms. The number of aryl methyl sites for hydroxylation is 1. The molecule has 328 valence electrons. The summed E-state index contributed by atoms with van der Waals surface area (Å²) in [4.78, 5) is 5.21. The van der Waals surface area contributed by atoms with Gasteiger partial charge < -0.3 is 9.80 Å². The molecule has 0 atom stereocenters. The Hall–Kier alpha value is -5.06. The number of thiophene rings is 1. The molecule has 2 nitrogen and oxygen atoms in total. The molecule has 3 heterocycles. The fourth-order valence-corrected chi connectivity index (χ4v) is 11.7. The monoisotopic (exact) mass is 861 g/mol. The molecule has 1 aliphatic carbocycles. The largest absolute Gasteiger partial charge is 0.311 e. The maximum absolute atomic E-state index is 4.98. The van der Waals surface area contributed by atoms with Crippen molar-refractivity contribution in [2.45, 2.75) is 138 Å². The van der Waals surface area contributed by atoms with Crippen LogP contribution in [0.15, 0.2) is 127 Å². The van der Waals surface area contributed by atoms with E-state index in [0.29, 0.717) is 0 Å². The molecule has 5 aromatic carbocycles. The van der Waals surface area contributed by atoms with E-state index in [2.05, 4.69) is 223 Å². The summed E-state index contributed by atoms with van der Waals surface area (Å²) in [5.41, 5.74) is 20.7. The Bertz CT molecular complexity index is 2920. The molecule has 0 bridgehead atoms. The third-order valence-corrected chi connectivity index (χ3v) is 16.2. The van der Waals surface area contributed by atoms with Gasteiger partial charge in [0, 0.05) is 37.6 Å². The van der Waals surface area contributed by atoms with Crippen molar-refractivity contribution in [3.05, 3.63) is 160 Å². The predicted molar refractivity (Wildman–Crippen MR) is 284 cm³/mol. The average molecular weight is 861 g/mol. The minimum Gasteiger partial charge on any atom is -0.311 e. The molecule has 0 saturated heterocycles. The summed E-state index contributed by atoms with van der Waals surface area (Å²) in [7, 11) is 0. The lowest BCUT2D eigenvalue weighted by molar-refractivity contribution is 0.332. The van der Waals surface area contributed by atoms with Gasteiger partial charge in [0.1, 0.15) is 0 Å². The van der Waals surface area contributed by atoms with Gasteiger partial charge in [0.2, 0.25) is 0 Å². The maximum atomic E-state index is 4.98. The Kier molecular flexibility index (Phi) is 10.3. The number of hydrogen-bond donors (Lipinski definition) is 0. The molecular weight excluding hydrogens is 792 g/mol. The van der Waals surface area contributed by atoms with Gasteiger partial charge in [-0.15, -0.1) is 11.3 Å². The van der Waals surface area contributed by atoms with Gasteiger partial charge in [-0.3, -0.25) is 0 Å². The summed E-state index contributed by atoms with van der Waals surface area (Å²) in [6.45, 7) is 40.3. The van der Waals surface area contributed by atoms with Gasteiger partial charge in [-0.1, -0.05) is 163 Å². The lowest BCUT2D eigenvalue weighted by Gasteiger charge is -2.44. The second-order valence-electron chi connectivity index (χ2n) is 23.6. The van der Waals surface area contributed by atoms with Crippen LogP contribution in [0.1, 0.15) is 143 Å². The second-order valence-corrected chi connectivity index (χ2v) is 24.7. The van der Waals surface area contributed by atoms with Gasteiger partial charge in [-0.05, 0) is 152 Å². The summed E-state index contributed by atoms with van der Waals surface area (Å²) in [5, 5.41) is 1.34. The SMILES string of the molecule is C=C(/C(=C\C=C(/C)C(C)(C)C)N1c2cc(C)cc3c2B(c2cc(C(C)(C)C)ccc2N3c2ccc(C(C)(C)C)cc2)c2sc3cc4c(cc3c21)C(C)(C)CCC4(C)C)c1ccccc1. The Morgan fingerprint density at radius 3 is 1.89 bits per heavy atom. The molecular formula is C60H69BN2S. The fourth-order valence-electron chi connectivity index (χ4n) is 10.3. The van der Waals surface area contributed by atoms with Crippen LogP contribution in [-0.2, 0) is 21.7 Å². The van der Waals surface area contributed by atoms with E-state index in [1.807, 2.05) is 11.3 Å². The van der Waals surface area contributed by atoms with Crippen LogP contribution in [0.4, 0.5) is 28.4 Å². The zero-order chi connectivity index (χ0) is 46.1. The first kappa shape index (κ1) is 44.2. The minimum atomic E-state index is -0.0227. The minimum absolute atomic E-state index is 0.0143. The Morgan fingerprint density at radius 2 is 1.28 bits per heavy atom. The van der Waals surface area contributed by atoms with E-state index in [4.69, 9.17) is 6.58 Å². The molecule has 6 aromatic rings. The smallest absolute Gasteiger partial charge is 0.264 e. The van der Waals surface area contributed by atoms with Crippen LogP contribution in [0.3, 0.4) is 0 Å². The number of hydrogen-bond acceptors (Lipinski definition) is 3. The van der Waals surface area contributed by atoms with E-state index in [1.165, 1.54) is 100 Å². The van der Waals surface area contributed by atoms with Crippen molar-refractivity contribution in [2.24, 2.45) is 5.41 Å². The van der Waals surface area contributed by atoms with E-state index in [0.717, 1.165) is 16.8 Å². The second kappa shape index (κ2) is 15.0. The van der Waals surface area contributed by atoms with Crippen LogP contribution in [-0.4, -0.2) is 6.71 Å². The van der Waals surface area contributed by atoms with Crippen molar-refractivity contribution < 1.29 is 0 Å². The van der Waals surface area contributed by atoms with E-state index >= 15 is 0 Å². The quantitative estimate of drug-likeness (QED) is 0.126. The molecule has 0 amide bonds. The molecule has 0 spiro atoms. The predicted octanol–water partition coefficient (Wildman–Crippen LogP) is 15.5. The van der Waals surface area contributed by atoms with Gasteiger partial charge in [-0.2, -0.15) is 0 Å². The molecule has 0 N–H and O–H groups in total. The molecule has 0 unspecified atom stereocenters. The highest BCUT2D eigenvalue weighted by Crippen LogP contribution is 2.53. The van der Waals surface area contributed by atoms with Crippen LogP contribution in [0.2, 0.25) is 0 Å². The molecule has 1 aromatic heterocycles. The number of nitrogens with zero attached hydrogens (tertiary/aromatic N) is 2. The van der Waals surface area contributed by atoms with E-state index in [9.17, 15) is 0 Å². The lowest BCUT2D eigenvalue weighted by Crippen LogP contribution is -2.61. The van der Waals surface area contributed by atoms with Crippen molar-refractivity contribution >= 4 is 77.8 Å². The summed E-state index contributed by atoms with van der Waals surface area (Å²) >= 11 is 2.02. The van der Waals surface area contributed by atoms with Gasteiger partial charge >= 0.3 is 0 Å². The van der Waals surface area contributed by atoms with Gasteiger partial charge in [0.25, 0.3) is 6.71 Å². The number of fused-ring (bicyclic) bond motifs is 7. The normalized spacial score (nSPS) is 17.0.